The van der Waals surface area contributed by atoms with Gasteiger partial charge < -0.3 is 10.6 Å². The molecule has 1 aromatic rings. The molecule has 0 unspecified atom stereocenters. The molecule has 2 saturated heterocycles. The average Bonchev–Trinajstić information content (AvgIpc) is 2.52. The molecule has 0 amide bonds. The first kappa shape index (κ1) is 14.8. The van der Waals surface area contributed by atoms with E-state index in [9.17, 15) is 4.39 Å². The topological polar surface area (TPSA) is 32.5 Å². The first-order chi connectivity index (χ1) is 10.2. The van der Waals surface area contributed by atoms with E-state index < -0.39 is 0 Å². The summed E-state index contributed by atoms with van der Waals surface area (Å²) in [7, 11) is 0. The van der Waals surface area contributed by atoms with Crippen molar-refractivity contribution in [3.8, 4) is 0 Å². The molecule has 0 bridgehead atoms. The van der Waals surface area contributed by atoms with Crippen molar-refractivity contribution in [3.63, 3.8) is 0 Å². The number of anilines is 1. The number of likely N-dealkylation sites (tertiary alicyclic amines) is 2. The Bertz CT molecular complexity index is 463. The van der Waals surface area contributed by atoms with Crippen LogP contribution in [-0.2, 0) is 6.54 Å². The van der Waals surface area contributed by atoms with Crippen molar-refractivity contribution in [2.24, 2.45) is 0 Å². The van der Waals surface area contributed by atoms with Gasteiger partial charge in [0, 0.05) is 18.3 Å². The second-order valence-corrected chi connectivity index (χ2v) is 6.45. The number of piperidine rings is 2. The molecule has 0 atom stereocenters. The minimum absolute atomic E-state index is 0.250. The lowest BCUT2D eigenvalue weighted by Crippen LogP contribution is -2.46. The number of nitrogens with two attached hydrogens (primary N) is 1. The Morgan fingerprint density at radius 3 is 2.43 bits per heavy atom. The van der Waals surface area contributed by atoms with Gasteiger partial charge >= 0.3 is 0 Å². The van der Waals surface area contributed by atoms with E-state index in [0.717, 1.165) is 31.2 Å². The van der Waals surface area contributed by atoms with Crippen molar-refractivity contribution in [2.45, 2.75) is 44.7 Å². The summed E-state index contributed by atoms with van der Waals surface area (Å²) in [6, 6.07) is 5.52. The summed E-state index contributed by atoms with van der Waals surface area (Å²) in [6.45, 7) is 5.67. The highest BCUT2D eigenvalue weighted by atomic mass is 19.1. The molecular formula is C17H26FN3. The molecule has 2 N–H and O–H groups in total. The van der Waals surface area contributed by atoms with E-state index in [-0.39, 0.29) is 5.82 Å². The van der Waals surface area contributed by atoms with Crippen LogP contribution in [0.1, 0.15) is 37.7 Å². The van der Waals surface area contributed by atoms with Crippen LogP contribution < -0.4 is 5.73 Å². The van der Waals surface area contributed by atoms with Gasteiger partial charge in [0.15, 0.2) is 0 Å². The SMILES string of the molecule is Nc1cc(F)ccc1CN1CCC(N2CCCCC2)CC1. The van der Waals surface area contributed by atoms with Crippen LogP contribution in [0.2, 0.25) is 0 Å². The van der Waals surface area contributed by atoms with Gasteiger partial charge in [0.2, 0.25) is 0 Å². The highest BCUT2D eigenvalue weighted by Crippen LogP contribution is 2.23. The summed E-state index contributed by atoms with van der Waals surface area (Å²) in [5.74, 6) is -0.250. The average molecular weight is 291 g/mol. The van der Waals surface area contributed by atoms with Gasteiger partial charge in [-0.1, -0.05) is 12.5 Å². The second-order valence-electron chi connectivity index (χ2n) is 6.45. The fourth-order valence-electron chi connectivity index (χ4n) is 3.68. The molecule has 0 radical (unpaired) electrons. The van der Waals surface area contributed by atoms with Crippen LogP contribution in [0.3, 0.4) is 0 Å². The third-order valence-corrected chi connectivity index (χ3v) is 4.97. The van der Waals surface area contributed by atoms with E-state index in [1.807, 2.05) is 6.07 Å². The molecule has 2 heterocycles. The van der Waals surface area contributed by atoms with Crippen molar-refractivity contribution < 1.29 is 4.39 Å². The van der Waals surface area contributed by atoms with Gasteiger partial charge in [-0.2, -0.15) is 0 Å². The summed E-state index contributed by atoms with van der Waals surface area (Å²) in [5, 5.41) is 0. The van der Waals surface area contributed by atoms with Crippen molar-refractivity contribution in [3.05, 3.63) is 29.6 Å². The summed E-state index contributed by atoms with van der Waals surface area (Å²) in [5.41, 5.74) is 7.53. The van der Waals surface area contributed by atoms with E-state index in [4.69, 9.17) is 5.73 Å². The number of nitrogen functional groups attached to an aromatic ring is 1. The molecule has 0 aliphatic carbocycles. The first-order valence-electron chi connectivity index (χ1n) is 8.23. The molecule has 1 aromatic carbocycles. The molecular weight excluding hydrogens is 265 g/mol. The van der Waals surface area contributed by atoms with Gasteiger partial charge in [0.25, 0.3) is 0 Å². The fourth-order valence-corrected chi connectivity index (χ4v) is 3.68. The third kappa shape index (κ3) is 3.74. The molecule has 2 aliphatic rings. The van der Waals surface area contributed by atoms with Crippen LogP contribution in [0, 0.1) is 5.82 Å². The van der Waals surface area contributed by atoms with Crippen LogP contribution >= 0.6 is 0 Å². The zero-order chi connectivity index (χ0) is 14.7. The molecule has 116 valence electrons. The summed E-state index contributed by atoms with van der Waals surface area (Å²) in [6.07, 6.45) is 6.64. The highest BCUT2D eigenvalue weighted by molar-refractivity contribution is 5.46. The van der Waals surface area contributed by atoms with Crippen molar-refractivity contribution >= 4 is 5.69 Å². The predicted molar refractivity (Wildman–Crippen MR) is 84.5 cm³/mol. The zero-order valence-electron chi connectivity index (χ0n) is 12.7. The van der Waals surface area contributed by atoms with E-state index in [1.165, 1.54) is 57.3 Å². The van der Waals surface area contributed by atoms with Crippen molar-refractivity contribution in [2.75, 3.05) is 31.9 Å². The molecule has 4 heteroatoms. The van der Waals surface area contributed by atoms with Crippen LogP contribution in [0.5, 0.6) is 0 Å². The minimum atomic E-state index is -0.250. The third-order valence-electron chi connectivity index (χ3n) is 4.97. The van der Waals surface area contributed by atoms with E-state index in [2.05, 4.69) is 9.80 Å². The molecule has 3 rings (SSSR count). The van der Waals surface area contributed by atoms with Crippen LogP contribution in [-0.4, -0.2) is 42.0 Å². The normalized spacial score (nSPS) is 22.5. The number of nitrogens with zero attached hydrogens (tertiary/aromatic N) is 2. The molecule has 21 heavy (non-hydrogen) atoms. The highest BCUT2D eigenvalue weighted by Gasteiger charge is 2.25. The number of benzene rings is 1. The largest absolute Gasteiger partial charge is 0.398 e. The van der Waals surface area contributed by atoms with Gasteiger partial charge in [-0.05, 0) is 69.6 Å². The Kier molecular flexibility index (Phi) is 4.76. The standard InChI is InChI=1S/C17H26FN3/c18-15-5-4-14(17(19)12-15)13-20-10-6-16(7-11-20)21-8-2-1-3-9-21/h4-5,12,16H,1-3,6-11,13,19H2. The zero-order valence-corrected chi connectivity index (χ0v) is 12.7. The Morgan fingerprint density at radius 2 is 1.76 bits per heavy atom. The lowest BCUT2D eigenvalue weighted by atomic mass is 9.99. The molecule has 2 fully saturated rings. The fraction of sp³-hybridized carbons (Fsp3) is 0.647. The Labute approximate surface area is 126 Å². The molecule has 0 saturated carbocycles. The van der Waals surface area contributed by atoms with Gasteiger partial charge in [-0.15, -0.1) is 0 Å². The van der Waals surface area contributed by atoms with Crippen LogP contribution in [0.4, 0.5) is 10.1 Å². The number of halogens is 1. The van der Waals surface area contributed by atoms with Crippen molar-refractivity contribution in [1.82, 2.24) is 9.80 Å². The number of hydrogen-bond acceptors (Lipinski definition) is 3. The number of rotatable bonds is 3. The van der Waals surface area contributed by atoms with E-state index >= 15 is 0 Å². The molecule has 0 aromatic heterocycles. The van der Waals surface area contributed by atoms with Gasteiger partial charge in [-0.25, -0.2) is 4.39 Å². The van der Waals surface area contributed by atoms with Crippen molar-refractivity contribution in [1.29, 1.82) is 0 Å². The Hall–Kier alpha value is -1.13. The van der Waals surface area contributed by atoms with Gasteiger partial charge in [0.1, 0.15) is 5.82 Å². The molecule has 3 nitrogen and oxygen atoms in total. The maximum Gasteiger partial charge on any atom is 0.125 e. The Balaban J connectivity index is 1.51. The van der Waals surface area contributed by atoms with Crippen LogP contribution in [0.15, 0.2) is 18.2 Å². The lowest BCUT2D eigenvalue weighted by Gasteiger charge is -2.40. The predicted octanol–water partition coefficient (Wildman–Crippen LogP) is 2.86. The van der Waals surface area contributed by atoms with Crippen LogP contribution in [0.25, 0.3) is 0 Å². The lowest BCUT2D eigenvalue weighted by molar-refractivity contribution is 0.0897. The summed E-state index contributed by atoms with van der Waals surface area (Å²) < 4.78 is 13.1. The monoisotopic (exact) mass is 291 g/mol. The Morgan fingerprint density at radius 1 is 1.05 bits per heavy atom. The minimum Gasteiger partial charge on any atom is -0.398 e. The van der Waals surface area contributed by atoms with E-state index in [1.54, 1.807) is 0 Å². The quantitative estimate of drug-likeness (QED) is 0.869. The van der Waals surface area contributed by atoms with E-state index in [0.29, 0.717) is 5.69 Å². The molecule has 0 spiro atoms. The van der Waals surface area contributed by atoms with Gasteiger partial charge in [0.05, 0.1) is 0 Å². The maximum absolute atomic E-state index is 13.1. The summed E-state index contributed by atoms with van der Waals surface area (Å²) >= 11 is 0. The molecule has 2 aliphatic heterocycles. The second kappa shape index (κ2) is 6.75. The number of hydrogen-bond donors (Lipinski definition) is 1. The maximum atomic E-state index is 13.1. The first-order valence-corrected chi connectivity index (χ1v) is 8.23. The smallest absolute Gasteiger partial charge is 0.125 e. The van der Waals surface area contributed by atoms with Gasteiger partial charge in [-0.3, -0.25) is 4.90 Å². The summed E-state index contributed by atoms with van der Waals surface area (Å²) in [4.78, 5) is 5.14.